The maximum atomic E-state index is 13.3. The number of hydrogen-bond acceptors (Lipinski definition) is 0. The molecule has 0 aliphatic rings. The van der Waals surface area contributed by atoms with Crippen molar-refractivity contribution in [3.63, 3.8) is 0 Å². The predicted molar refractivity (Wildman–Crippen MR) is 53.8 cm³/mol. The molecule has 8 heteroatoms. The van der Waals surface area contributed by atoms with E-state index in [0.29, 0.717) is 11.4 Å². The zero-order chi connectivity index (χ0) is 15.0. The third kappa shape index (κ3) is 2.46. The Morgan fingerprint density at radius 2 is 1.10 bits per heavy atom. The van der Waals surface area contributed by atoms with Crippen LogP contribution in [-0.2, 0) is 0 Å². The van der Waals surface area contributed by atoms with Crippen molar-refractivity contribution in [2.75, 3.05) is 0 Å². The average molecular weight is 296 g/mol. The van der Waals surface area contributed by atoms with Gasteiger partial charge in [-0.2, -0.15) is 8.78 Å². The zero-order valence-corrected chi connectivity index (χ0v) is 9.46. The molecule has 0 saturated carbocycles. The molecule has 20 heavy (non-hydrogen) atoms. The zero-order valence-electron chi connectivity index (χ0n) is 9.46. The van der Waals surface area contributed by atoms with Gasteiger partial charge in [0.25, 0.3) is 0 Å². The standard InChI is InChI=1S/C12H4F7N/c13-4-1-5(14)9(16)7(2-4)20-8-3-6(15)10(17)12(19)11(8)18/h1-3,20H/p+1. The van der Waals surface area contributed by atoms with E-state index in [1.54, 1.807) is 0 Å². The fraction of sp³-hybridized carbons (Fsp3) is 0. The molecule has 0 unspecified atom stereocenters. The molecule has 0 spiro atoms. The molecule has 0 heterocycles. The van der Waals surface area contributed by atoms with E-state index in [9.17, 15) is 30.7 Å². The molecule has 2 N–H and O–H groups in total. The van der Waals surface area contributed by atoms with Gasteiger partial charge in [-0.25, -0.2) is 22.0 Å². The van der Waals surface area contributed by atoms with Crippen LogP contribution in [0.3, 0.4) is 0 Å². The van der Waals surface area contributed by atoms with Gasteiger partial charge in [0.2, 0.25) is 17.5 Å². The number of rotatable bonds is 2. The van der Waals surface area contributed by atoms with Crippen molar-refractivity contribution in [1.29, 1.82) is 0 Å². The number of nitrogens with two attached hydrogens (primary N) is 1. The summed E-state index contributed by atoms with van der Waals surface area (Å²) in [4.78, 5) is 0. The van der Waals surface area contributed by atoms with Crippen molar-refractivity contribution in [1.82, 2.24) is 0 Å². The van der Waals surface area contributed by atoms with Crippen molar-refractivity contribution in [3.05, 3.63) is 58.9 Å². The Bertz CT molecular complexity index is 684. The van der Waals surface area contributed by atoms with Crippen molar-refractivity contribution in [2.45, 2.75) is 0 Å². The van der Waals surface area contributed by atoms with Crippen LogP contribution < -0.4 is 5.32 Å². The van der Waals surface area contributed by atoms with Crippen LogP contribution in [0, 0.1) is 40.7 Å². The van der Waals surface area contributed by atoms with Gasteiger partial charge in [0.15, 0.2) is 28.8 Å². The lowest BCUT2D eigenvalue weighted by molar-refractivity contribution is -0.484. The highest BCUT2D eigenvalue weighted by molar-refractivity contribution is 5.39. The Kier molecular flexibility index (Phi) is 3.67. The summed E-state index contributed by atoms with van der Waals surface area (Å²) in [5.41, 5.74) is -1.66. The molecule has 0 aliphatic carbocycles. The van der Waals surface area contributed by atoms with Gasteiger partial charge in [-0.05, 0) is 0 Å². The van der Waals surface area contributed by atoms with E-state index in [0.717, 1.165) is 0 Å². The van der Waals surface area contributed by atoms with Crippen molar-refractivity contribution in [3.8, 4) is 0 Å². The molecule has 0 aromatic heterocycles. The summed E-state index contributed by atoms with van der Waals surface area (Å²) in [7, 11) is 0. The summed E-state index contributed by atoms with van der Waals surface area (Å²) < 4.78 is 91.1. The molecule has 0 saturated heterocycles. The molecule has 0 radical (unpaired) electrons. The second kappa shape index (κ2) is 5.12. The quantitative estimate of drug-likeness (QED) is 0.379. The van der Waals surface area contributed by atoms with Crippen molar-refractivity contribution >= 4 is 11.4 Å². The Labute approximate surface area is 107 Å². The molecule has 0 aliphatic heterocycles. The van der Waals surface area contributed by atoms with Gasteiger partial charge in [0.05, 0.1) is 0 Å². The topological polar surface area (TPSA) is 16.6 Å². The summed E-state index contributed by atoms with van der Waals surface area (Å²) in [5, 5.41) is 0.461. The second-order valence-electron chi connectivity index (χ2n) is 3.82. The predicted octanol–water partition coefficient (Wildman–Crippen LogP) is 3.19. The number of benzene rings is 2. The van der Waals surface area contributed by atoms with Crippen molar-refractivity contribution < 1.29 is 36.0 Å². The van der Waals surface area contributed by atoms with E-state index >= 15 is 0 Å². The monoisotopic (exact) mass is 296 g/mol. The molecule has 2 rings (SSSR count). The van der Waals surface area contributed by atoms with Crippen LogP contribution in [0.5, 0.6) is 0 Å². The van der Waals surface area contributed by atoms with E-state index in [-0.39, 0.29) is 12.1 Å². The van der Waals surface area contributed by atoms with E-state index in [2.05, 4.69) is 0 Å². The SMILES string of the molecule is Fc1cc(F)c(F)c([NH2+]c2cc(F)c(F)c(F)c2F)c1. The summed E-state index contributed by atoms with van der Waals surface area (Å²) in [6.07, 6.45) is 0. The van der Waals surface area contributed by atoms with Crippen LogP contribution >= 0.6 is 0 Å². The smallest absolute Gasteiger partial charge is 0.222 e. The third-order valence-corrected chi connectivity index (χ3v) is 2.46. The minimum Gasteiger partial charge on any atom is -0.276 e. The largest absolute Gasteiger partial charge is 0.276 e. The molecule has 1 nitrogen and oxygen atoms in total. The van der Waals surface area contributed by atoms with Gasteiger partial charge in [-0.1, -0.05) is 0 Å². The molecule has 2 aromatic carbocycles. The van der Waals surface area contributed by atoms with Crippen LogP contribution in [0.15, 0.2) is 18.2 Å². The molecule has 106 valence electrons. The maximum Gasteiger partial charge on any atom is 0.222 e. The number of quaternary nitrogens is 1. The van der Waals surface area contributed by atoms with E-state index < -0.39 is 52.1 Å². The molecular formula is C12H5F7N+. The molecule has 0 fully saturated rings. The molecule has 0 amide bonds. The minimum atomic E-state index is -2.10. The minimum absolute atomic E-state index is 0.245. The van der Waals surface area contributed by atoms with Gasteiger partial charge in [-0.3, -0.25) is 5.32 Å². The Morgan fingerprint density at radius 1 is 0.550 bits per heavy atom. The number of hydrogen-bond donors (Lipinski definition) is 1. The van der Waals surface area contributed by atoms with Crippen molar-refractivity contribution in [2.24, 2.45) is 0 Å². The van der Waals surface area contributed by atoms with Gasteiger partial charge >= 0.3 is 0 Å². The Hall–Kier alpha value is -2.09. The van der Waals surface area contributed by atoms with E-state index in [4.69, 9.17) is 0 Å². The van der Waals surface area contributed by atoms with Crippen LogP contribution in [0.25, 0.3) is 0 Å². The van der Waals surface area contributed by atoms with Gasteiger partial charge in [-0.15, -0.1) is 0 Å². The highest BCUT2D eigenvalue weighted by Gasteiger charge is 2.24. The summed E-state index contributed by atoms with van der Waals surface area (Å²) in [6.45, 7) is 0. The first-order chi connectivity index (χ1) is 9.31. The molecule has 0 atom stereocenters. The average Bonchev–Trinajstić information content (AvgIpc) is 2.39. The lowest BCUT2D eigenvalue weighted by Gasteiger charge is -2.05. The lowest BCUT2D eigenvalue weighted by Crippen LogP contribution is -2.72. The van der Waals surface area contributed by atoms with Gasteiger partial charge in [0.1, 0.15) is 5.82 Å². The fourth-order valence-electron chi connectivity index (χ4n) is 1.54. The van der Waals surface area contributed by atoms with Crippen LogP contribution in [0.4, 0.5) is 42.1 Å². The number of halogens is 7. The summed E-state index contributed by atoms with van der Waals surface area (Å²) in [5.74, 6) is -11.9. The fourth-order valence-corrected chi connectivity index (χ4v) is 1.54. The molecule has 0 bridgehead atoms. The van der Waals surface area contributed by atoms with Gasteiger partial charge in [0, 0.05) is 18.2 Å². The van der Waals surface area contributed by atoms with Gasteiger partial charge < -0.3 is 0 Å². The second-order valence-corrected chi connectivity index (χ2v) is 3.82. The van der Waals surface area contributed by atoms with Crippen LogP contribution in [0.2, 0.25) is 0 Å². The first-order valence-corrected chi connectivity index (χ1v) is 5.13. The van der Waals surface area contributed by atoms with Crippen LogP contribution in [-0.4, -0.2) is 0 Å². The first-order valence-electron chi connectivity index (χ1n) is 5.13. The maximum absolute atomic E-state index is 13.3. The van der Waals surface area contributed by atoms with E-state index in [1.807, 2.05) is 0 Å². The Balaban J connectivity index is 2.51. The molecule has 2 aromatic rings. The van der Waals surface area contributed by atoms with E-state index in [1.165, 1.54) is 0 Å². The highest BCUT2D eigenvalue weighted by atomic mass is 19.2. The summed E-state index contributed by atoms with van der Waals surface area (Å²) in [6, 6.07) is 0.988. The third-order valence-electron chi connectivity index (χ3n) is 2.46. The first kappa shape index (κ1) is 14.3. The summed E-state index contributed by atoms with van der Waals surface area (Å²) >= 11 is 0. The van der Waals surface area contributed by atoms with Crippen LogP contribution in [0.1, 0.15) is 0 Å². The Morgan fingerprint density at radius 3 is 1.75 bits per heavy atom. The molecular weight excluding hydrogens is 291 g/mol. The lowest BCUT2D eigenvalue weighted by atomic mass is 10.2. The normalized spacial score (nSPS) is 10.9. The highest BCUT2D eigenvalue weighted by Crippen LogP contribution is 2.22.